The van der Waals surface area contributed by atoms with Gasteiger partial charge in [0.25, 0.3) is 0 Å². The van der Waals surface area contributed by atoms with E-state index in [4.69, 9.17) is 4.74 Å². The van der Waals surface area contributed by atoms with Gasteiger partial charge in [-0.15, -0.1) is 11.8 Å². The Morgan fingerprint density at radius 3 is 2.50 bits per heavy atom. The summed E-state index contributed by atoms with van der Waals surface area (Å²) in [6.07, 6.45) is 5.59. The number of benzene rings is 2. The summed E-state index contributed by atoms with van der Waals surface area (Å²) in [6.45, 7) is 2.21. The molecule has 32 heavy (non-hydrogen) atoms. The topological polar surface area (TPSA) is 58.6 Å². The normalized spacial score (nSPS) is 15.1. The molecule has 2 amide bonds. The quantitative estimate of drug-likeness (QED) is 0.561. The molecule has 2 aromatic carbocycles. The number of carbonyl (C=O) groups is 2. The van der Waals surface area contributed by atoms with Gasteiger partial charge in [0.05, 0.1) is 12.9 Å². The average molecular weight is 455 g/mol. The number of nitrogens with one attached hydrogen (secondary N) is 1. The molecule has 1 aliphatic rings. The number of amides is 2. The van der Waals surface area contributed by atoms with Gasteiger partial charge in [0.15, 0.2) is 0 Å². The van der Waals surface area contributed by atoms with Gasteiger partial charge >= 0.3 is 0 Å². The summed E-state index contributed by atoms with van der Waals surface area (Å²) >= 11 is 1.58. The van der Waals surface area contributed by atoms with Gasteiger partial charge in [-0.05, 0) is 43.0 Å². The molecule has 1 N–H and O–H groups in total. The lowest BCUT2D eigenvalue weighted by Gasteiger charge is -2.31. The van der Waals surface area contributed by atoms with Crippen LogP contribution in [0.5, 0.6) is 5.75 Å². The molecule has 3 rings (SSSR count). The van der Waals surface area contributed by atoms with E-state index >= 15 is 0 Å². The third-order valence-corrected chi connectivity index (χ3v) is 6.93. The Morgan fingerprint density at radius 1 is 1.06 bits per heavy atom. The minimum Gasteiger partial charge on any atom is -0.497 e. The molecule has 2 aromatic rings. The summed E-state index contributed by atoms with van der Waals surface area (Å²) in [5.41, 5.74) is 2.14. The molecule has 1 aliphatic carbocycles. The monoisotopic (exact) mass is 454 g/mol. The van der Waals surface area contributed by atoms with Crippen molar-refractivity contribution in [1.82, 2.24) is 10.2 Å². The van der Waals surface area contributed by atoms with E-state index in [2.05, 4.69) is 17.4 Å². The number of methoxy groups -OCH3 is 1. The summed E-state index contributed by atoms with van der Waals surface area (Å²) in [6, 6.07) is 17.5. The molecule has 0 radical (unpaired) electrons. The molecule has 0 aromatic heterocycles. The number of ether oxygens (including phenoxy) is 1. The lowest BCUT2D eigenvalue weighted by Crippen LogP contribution is -2.50. The van der Waals surface area contributed by atoms with E-state index < -0.39 is 6.04 Å². The highest BCUT2D eigenvalue weighted by atomic mass is 32.2. The molecule has 5 nitrogen and oxygen atoms in total. The first kappa shape index (κ1) is 24.2. The third-order valence-electron chi connectivity index (χ3n) is 5.94. The van der Waals surface area contributed by atoms with E-state index in [-0.39, 0.29) is 17.9 Å². The number of carbonyl (C=O) groups excluding carboxylic acids is 2. The Labute approximate surface area is 195 Å². The van der Waals surface area contributed by atoms with Crippen molar-refractivity contribution in [3.8, 4) is 5.75 Å². The van der Waals surface area contributed by atoms with Crippen LogP contribution < -0.4 is 10.1 Å². The van der Waals surface area contributed by atoms with Gasteiger partial charge in [-0.25, -0.2) is 0 Å². The van der Waals surface area contributed by atoms with Gasteiger partial charge in [0.1, 0.15) is 11.8 Å². The lowest BCUT2D eigenvalue weighted by molar-refractivity contribution is -0.139. The van der Waals surface area contributed by atoms with Crippen molar-refractivity contribution in [1.29, 1.82) is 0 Å². The number of rotatable bonds is 10. The van der Waals surface area contributed by atoms with Gasteiger partial charge in [-0.1, -0.05) is 61.7 Å². The van der Waals surface area contributed by atoms with E-state index in [0.29, 0.717) is 12.3 Å². The molecule has 0 aliphatic heterocycles. The van der Waals surface area contributed by atoms with Crippen LogP contribution in [0, 0.1) is 0 Å². The fourth-order valence-corrected chi connectivity index (χ4v) is 4.90. The van der Waals surface area contributed by atoms with Crippen molar-refractivity contribution in [3.05, 3.63) is 65.7 Å². The second-order valence-corrected chi connectivity index (χ2v) is 9.36. The van der Waals surface area contributed by atoms with Crippen LogP contribution in [0.4, 0.5) is 0 Å². The molecule has 0 saturated heterocycles. The SMILES string of the molecule is COc1cccc(CN(C(=O)CSCc2ccccc2)C(C)C(=O)NC2CCCCC2)c1. The second-order valence-electron chi connectivity index (χ2n) is 8.37. The first-order chi connectivity index (χ1) is 15.6. The standard InChI is InChI=1S/C26H34N2O3S/c1-20(26(30)27-23-13-7-4-8-14-23)28(17-22-12-9-15-24(16-22)31-2)25(29)19-32-18-21-10-5-3-6-11-21/h3,5-6,9-12,15-16,20,23H,4,7-8,13-14,17-19H2,1-2H3,(H,27,30). The van der Waals surface area contributed by atoms with Crippen LogP contribution in [-0.4, -0.2) is 41.7 Å². The van der Waals surface area contributed by atoms with Crippen LogP contribution in [0.3, 0.4) is 0 Å². The zero-order valence-electron chi connectivity index (χ0n) is 19.1. The van der Waals surface area contributed by atoms with Crippen molar-refractivity contribution >= 4 is 23.6 Å². The van der Waals surface area contributed by atoms with Crippen molar-refractivity contribution in [3.63, 3.8) is 0 Å². The van der Waals surface area contributed by atoms with Crippen LogP contribution in [0.2, 0.25) is 0 Å². The number of hydrogen-bond donors (Lipinski definition) is 1. The average Bonchev–Trinajstić information content (AvgIpc) is 2.83. The number of hydrogen-bond acceptors (Lipinski definition) is 4. The molecular weight excluding hydrogens is 420 g/mol. The maximum absolute atomic E-state index is 13.2. The summed E-state index contributed by atoms with van der Waals surface area (Å²) in [5.74, 6) is 1.75. The van der Waals surface area contributed by atoms with Gasteiger partial charge < -0.3 is 15.0 Å². The summed E-state index contributed by atoms with van der Waals surface area (Å²) < 4.78 is 5.33. The first-order valence-corrected chi connectivity index (χ1v) is 12.6. The van der Waals surface area contributed by atoms with E-state index in [0.717, 1.165) is 42.7 Å². The Hall–Kier alpha value is -2.47. The molecule has 0 heterocycles. The Balaban J connectivity index is 1.67. The fraction of sp³-hybridized carbons (Fsp3) is 0.462. The zero-order chi connectivity index (χ0) is 22.8. The molecule has 6 heteroatoms. The maximum Gasteiger partial charge on any atom is 0.242 e. The number of thioether (sulfide) groups is 1. The predicted octanol–water partition coefficient (Wildman–Crippen LogP) is 4.79. The largest absolute Gasteiger partial charge is 0.497 e. The smallest absolute Gasteiger partial charge is 0.242 e. The van der Waals surface area contributed by atoms with Crippen molar-refractivity contribution in [2.24, 2.45) is 0 Å². The Morgan fingerprint density at radius 2 is 1.78 bits per heavy atom. The molecule has 1 unspecified atom stereocenters. The van der Waals surface area contributed by atoms with Crippen LogP contribution in [0.1, 0.15) is 50.2 Å². The highest BCUT2D eigenvalue weighted by Gasteiger charge is 2.28. The van der Waals surface area contributed by atoms with Crippen LogP contribution in [0.25, 0.3) is 0 Å². The lowest BCUT2D eigenvalue weighted by atomic mass is 9.95. The minimum absolute atomic E-state index is 0.0277. The molecule has 0 spiro atoms. The van der Waals surface area contributed by atoms with Crippen molar-refractivity contribution in [2.45, 2.75) is 63.4 Å². The van der Waals surface area contributed by atoms with E-state index in [1.54, 1.807) is 23.8 Å². The fourth-order valence-electron chi connectivity index (χ4n) is 4.03. The first-order valence-electron chi connectivity index (χ1n) is 11.4. The Bertz CT molecular complexity index is 868. The summed E-state index contributed by atoms with van der Waals surface area (Å²) in [4.78, 5) is 28.0. The van der Waals surface area contributed by atoms with Crippen LogP contribution in [-0.2, 0) is 21.9 Å². The molecule has 1 fully saturated rings. The number of nitrogens with zero attached hydrogens (tertiary/aromatic N) is 1. The highest BCUT2D eigenvalue weighted by Crippen LogP contribution is 2.20. The third kappa shape index (κ3) is 7.30. The zero-order valence-corrected chi connectivity index (χ0v) is 19.9. The summed E-state index contributed by atoms with van der Waals surface area (Å²) in [7, 11) is 1.63. The predicted molar refractivity (Wildman–Crippen MR) is 131 cm³/mol. The van der Waals surface area contributed by atoms with Gasteiger partial charge in [-0.2, -0.15) is 0 Å². The molecular formula is C26H34N2O3S. The molecule has 172 valence electrons. The maximum atomic E-state index is 13.2. The van der Waals surface area contributed by atoms with Gasteiger partial charge in [-0.3, -0.25) is 9.59 Å². The van der Waals surface area contributed by atoms with Crippen molar-refractivity contribution in [2.75, 3.05) is 12.9 Å². The van der Waals surface area contributed by atoms with Crippen LogP contribution >= 0.6 is 11.8 Å². The van der Waals surface area contributed by atoms with E-state index in [1.165, 1.54) is 12.0 Å². The van der Waals surface area contributed by atoms with Gasteiger partial charge in [0.2, 0.25) is 11.8 Å². The minimum atomic E-state index is -0.534. The highest BCUT2D eigenvalue weighted by molar-refractivity contribution is 7.99. The Kier molecular flexibility index (Phi) is 9.47. The molecule has 1 atom stereocenters. The van der Waals surface area contributed by atoms with E-state index in [1.807, 2.05) is 49.4 Å². The summed E-state index contributed by atoms with van der Waals surface area (Å²) in [5, 5.41) is 3.18. The van der Waals surface area contributed by atoms with Crippen molar-refractivity contribution < 1.29 is 14.3 Å². The molecule has 0 bridgehead atoms. The second kappa shape index (κ2) is 12.5. The molecule has 1 saturated carbocycles. The van der Waals surface area contributed by atoms with E-state index in [9.17, 15) is 9.59 Å². The van der Waals surface area contributed by atoms with Gasteiger partial charge in [0, 0.05) is 18.3 Å². The van der Waals surface area contributed by atoms with Crippen LogP contribution in [0.15, 0.2) is 54.6 Å².